The predicted molar refractivity (Wildman–Crippen MR) is 81.5 cm³/mol. The van der Waals surface area contributed by atoms with E-state index >= 15 is 0 Å². The molecule has 0 amide bonds. The third kappa shape index (κ3) is 2.40. The first kappa shape index (κ1) is 13.1. The molecule has 3 N–H and O–H groups in total. The number of halogens is 1. The SMILES string of the molecule is Cc1cc2c(Oc3ccccc3Cl)nc(NN)nc2s1. The van der Waals surface area contributed by atoms with Crippen LogP contribution in [0.15, 0.2) is 30.3 Å². The number of nitrogen functional groups attached to an aromatic ring is 1. The van der Waals surface area contributed by atoms with Crippen LogP contribution in [0.25, 0.3) is 10.2 Å². The summed E-state index contributed by atoms with van der Waals surface area (Å²) in [5.41, 5.74) is 2.44. The third-order valence-electron chi connectivity index (χ3n) is 2.65. The zero-order valence-corrected chi connectivity index (χ0v) is 12.1. The third-order valence-corrected chi connectivity index (χ3v) is 3.91. The second-order valence-corrected chi connectivity index (χ2v) is 5.75. The molecule has 0 atom stereocenters. The molecule has 0 fully saturated rings. The maximum atomic E-state index is 6.10. The number of benzene rings is 1. The van der Waals surface area contributed by atoms with Crippen molar-refractivity contribution in [3.63, 3.8) is 0 Å². The van der Waals surface area contributed by atoms with Crippen molar-refractivity contribution in [1.29, 1.82) is 0 Å². The lowest BCUT2D eigenvalue weighted by atomic mass is 10.3. The van der Waals surface area contributed by atoms with Gasteiger partial charge in [0.15, 0.2) is 0 Å². The van der Waals surface area contributed by atoms with Crippen molar-refractivity contribution in [1.82, 2.24) is 9.97 Å². The van der Waals surface area contributed by atoms with Gasteiger partial charge in [0.25, 0.3) is 0 Å². The van der Waals surface area contributed by atoms with Gasteiger partial charge < -0.3 is 4.74 Å². The van der Waals surface area contributed by atoms with Crippen LogP contribution in [0.2, 0.25) is 5.02 Å². The highest BCUT2D eigenvalue weighted by Crippen LogP contribution is 2.35. The number of hydrogen-bond donors (Lipinski definition) is 2. The minimum Gasteiger partial charge on any atom is -0.437 e. The fraction of sp³-hybridized carbons (Fsp3) is 0.0769. The Morgan fingerprint density at radius 3 is 2.85 bits per heavy atom. The molecule has 0 radical (unpaired) electrons. The normalized spacial score (nSPS) is 10.8. The van der Waals surface area contributed by atoms with Crippen LogP contribution in [0.1, 0.15) is 4.88 Å². The average molecular weight is 307 g/mol. The van der Waals surface area contributed by atoms with Gasteiger partial charge in [0.1, 0.15) is 10.6 Å². The first-order chi connectivity index (χ1) is 9.67. The Kier molecular flexibility index (Phi) is 3.43. The number of rotatable bonds is 3. The molecule has 7 heteroatoms. The molecular weight excluding hydrogens is 296 g/mol. The van der Waals surface area contributed by atoms with Crippen LogP contribution in [0.3, 0.4) is 0 Å². The number of aromatic nitrogens is 2. The molecule has 0 saturated heterocycles. The lowest BCUT2D eigenvalue weighted by Gasteiger charge is -2.08. The lowest BCUT2D eigenvalue weighted by Crippen LogP contribution is -2.10. The fourth-order valence-electron chi connectivity index (χ4n) is 1.79. The van der Waals surface area contributed by atoms with E-state index in [2.05, 4.69) is 15.4 Å². The molecular formula is C13H11ClN4OS. The van der Waals surface area contributed by atoms with Gasteiger partial charge in [0.2, 0.25) is 11.8 Å². The van der Waals surface area contributed by atoms with Gasteiger partial charge in [-0.05, 0) is 25.1 Å². The van der Waals surface area contributed by atoms with Crippen molar-refractivity contribution >= 4 is 39.1 Å². The summed E-state index contributed by atoms with van der Waals surface area (Å²) in [5.74, 6) is 6.67. The second-order valence-electron chi connectivity index (χ2n) is 4.11. The Morgan fingerprint density at radius 1 is 1.30 bits per heavy atom. The molecule has 1 aromatic carbocycles. The van der Waals surface area contributed by atoms with Gasteiger partial charge in [-0.15, -0.1) is 11.3 Å². The van der Waals surface area contributed by atoms with Gasteiger partial charge in [-0.25, -0.2) is 10.8 Å². The van der Waals surface area contributed by atoms with Crippen molar-refractivity contribution < 1.29 is 4.74 Å². The van der Waals surface area contributed by atoms with Crippen molar-refractivity contribution in [2.75, 3.05) is 5.43 Å². The Morgan fingerprint density at radius 2 is 2.10 bits per heavy atom. The predicted octanol–water partition coefficient (Wildman–Crippen LogP) is 3.73. The van der Waals surface area contributed by atoms with Crippen LogP contribution in [-0.4, -0.2) is 9.97 Å². The van der Waals surface area contributed by atoms with Crippen LogP contribution in [0.5, 0.6) is 11.6 Å². The molecule has 0 aliphatic carbocycles. The lowest BCUT2D eigenvalue weighted by molar-refractivity contribution is 0.469. The number of anilines is 1. The molecule has 102 valence electrons. The number of nitrogens with two attached hydrogens (primary N) is 1. The fourth-order valence-corrected chi connectivity index (χ4v) is 2.83. The van der Waals surface area contributed by atoms with Crippen molar-refractivity contribution in [2.45, 2.75) is 6.92 Å². The number of ether oxygens (including phenoxy) is 1. The quantitative estimate of drug-likeness (QED) is 0.570. The van der Waals surface area contributed by atoms with Crippen LogP contribution in [0.4, 0.5) is 5.95 Å². The van der Waals surface area contributed by atoms with Gasteiger partial charge in [-0.3, -0.25) is 5.43 Å². The Balaban J connectivity index is 2.12. The maximum absolute atomic E-state index is 6.10. The van der Waals surface area contributed by atoms with Crippen molar-refractivity contribution in [3.8, 4) is 11.6 Å². The summed E-state index contributed by atoms with van der Waals surface area (Å²) in [7, 11) is 0. The van der Waals surface area contributed by atoms with E-state index < -0.39 is 0 Å². The summed E-state index contributed by atoms with van der Waals surface area (Å²) >= 11 is 7.65. The van der Waals surface area contributed by atoms with Gasteiger partial charge >= 0.3 is 0 Å². The summed E-state index contributed by atoms with van der Waals surface area (Å²) in [6.07, 6.45) is 0. The summed E-state index contributed by atoms with van der Waals surface area (Å²) in [5, 5.41) is 1.36. The summed E-state index contributed by atoms with van der Waals surface area (Å²) in [6.45, 7) is 2.00. The minimum absolute atomic E-state index is 0.307. The monoisotopic (exact) mass is 306 g/mol. The van der Waals surface area contributed by atoms with Crippen LogP contribution < -0.4 is 16.0 Å². The highest BCUT2D eigenvalue weighted by molar-refractivity contribution is 7.18. The summed E-state index contributed by atoms with van der Waals surface area (Å²) in [6, 6.07) is 9.21. The largest absolute Gasteiger partial charge is 0.437 e. The summed E-state index contributed by atoms with van der Waals surface area (Å²) in [4.78, 5) is 10.5. The molecule has 2 aromatic heterocycles. The van der Waals surface area contributed by atoms with E-state index in [1.165, 1.54) is 0 Å². The highest BCUT2D eigenvalue weighted by Gasteiger charge is 2.13. The number of hydrazine groups is 1. The number of thiophene rings is 1. The Labute approximate surface area is 124 Å². The van der Waals surface area contributed by atoms with E-state index in [1.807, 2.05) is 25.1 Å². The summed E-state index contributed by atoms with van der Waals surface area (Å²) < 4.78 is 5.81. The molecule has 3 rings (SSSR count). The van der Waals surface area contributed by atoms with Gasteiger partial charge in [0, 0.05) is 4.88 Å². The van der Waals surface area contributed by atoms with E-state index in [4.69, 9.17) is 22.2 Å². The number of nitrogens with zero attached hydrogens (tertiary/aromatic N) is 2. The van der Waals surface area contributed by atoms with Crippen LogP contribution in [0, 0.1) is 6.92 Å². The van der Waals surface area contributed by atoms with E-state index in [9.17, 15) is 0 Å². The maximum Gasteiger partial charge on any atom is 0.241 e. The van der Waals surface area contributed by atoms with Crippen LogP contribution >= 0.6 is 22.9 Å². The molecule has 3 aromatic rings. The van der Waals surface area contributed by atoms with Crippen molar-refractivity contribution in [2.24, 2.45) is 5.84 Å². The zero-order chi connectivity index (χ0) is 14.1. The van der Waals surface area contributed by atoms with E-state index in [0.29, 0.717) is 22.6 Å². The number of para-hydroxylation sites is 1. The molecule has 0 unspecified atom stereocenters. The van der Waals surface area contributed by atoms with Crippen molar-refractivity contribution in [3.05, 3.63) is 40.2 Å². The molecule has 0 bridgehead atoms. The number of fused-ring (bicyclic) bond motifs is 1. The number of nitrogens with one attached hydrogen (secondary N) is 1. The number of aryl methyl sites for hydroxylation is 1. The topological polar surface area (TPSA) is 73.1 Å². The second kappa shape index (κ2) is 5.24. The van der Waals surface area contributed by atoms with Gasteiger partial charge in [-0.1, -0.05) is 23.7 Å². The molecule has 0 saturated carbocycles. The van der Waals surface area contributed by atoms with E-state index in [0.717, 1.165) is 15.1 Å². The molecule has 0 aliphatic rings. The smallest absolute Gasteiger partial charge is 0.241 e. The molecule has 0 aliphatic heterocycles. The highest BCUT2D eigenvalue weighted by atomic mass is 35.5. The van der Waals surface area contributed by atoms with Gasteiger partial charge in [0.05, 0.1) is 10.4 Å². The Hall–Kier alpha value is -1.89. The molecule has 2 heterocycles. The minimum atomic E-state index is 0.307. The molecule has 0 spiro atoms. The average Bonchev–Trinajstić information content (AvgIpc) is 2.81. The van der Waals surface area contributed by atoms with E-state index in [-0.39, 0.29) is 0 Å². The first-order valence-corrected chi connectivity index (χ1v) is 7.04. The first-order valence-electron chi connectivity index (χ1n) is 5.84. The Bertz CT molecular complexity index is 774. The van der Waals surface area contributed by atoms with Gasteiger partial charge in [-0.2, -0.15) is 4.98 Å². The molecule has 5 nitrogen and oxygen atoms in total. The van der Waals surface area contributed by atoms with E-state index in [1.54, 1.807) is 23.5 Å². The number of hydrogen-bond acceptors (Lipinski definition) is 6. The van der Waals surface area contributed by atoms with Crippen LogP contribution in [-0.2, 0) is 0 Å². The standard InChI is InChI=1S/C13H11ClN4OS/c1-7-6-8-11(16-13(18-15)17-12(8)20-7)19-10-5-3-2-4-9(10)14/h2-6H,15H2,1H3,(H,16,17,18). The zero-order valence-electron chi connectivity index (χ0n) is 10.6. The molecule has 20 heavy (non-hydrogen) atoms.